The molecule has 4 rings (SSSR count). The maximum absolute atomic E-state index is 14.5. The van der Waals surface area contributed by atoms with E-state index in [0.29, 0.717) is 21.0 Å². The molecule has 1 N–H and O–H groups in total. The molecule has 1 aromatic heterocycles. The number of methoxy groups -OCH3 is 1. The standard InChI is InChI=1S/C25H19Cl2FN2O5S2/c1-35-25(32)23-12-15-11-17(7-10-22(15)36-23)29-24(31)14-30(13-19-20(27)3-2-4-21(19)28)37(33,34)18-8-5-16(26)6-9-18/h2-12H,13-14H2,1H3,(H,29,31). The molecule has 0 saturated heterocycles. The van der Waals surface area contributed by atoms with Gasteiger partial charge in [-0.15, -0.1) is 11.3 Å². The van der Waals surface area contributed by atoms with Crippen LogP contribution >= 0.6 is 34.5 Å². The van der Waals surface area contributed by atoms with Crippen LogP contribution in [0.5, 0.6) is 0 Å². The molecule has 7 nitrogen and oxygen atoms in total. The second-order valence-corrected chi connectivity index (χ2v) is 11.7. The van der Waals surface area contributed by atoms with E-state index < -0.39 is 40.8 Å². The molecule has 0 unspecified atom stereocenters. The molecule has 3 aromatic carbocycles. The minimum absolute atomic E-state index is 0.0287. The number of hydrogen-bond acceptors (Lipinski definition) is 6. The van der Waals surface area contributed by atoms with Crippen molar-refractivity contribution < 1.29 is 27.1 Å². The van der Waals surface area contributed by atoms with E-state index in [2.05, 4.69) is 5.32 Å². The molecule has 192 valence electrons. The van der Waals surface area contributed by atoms with E-state index in [4.69, 9.17) is 27.9 Å². The first-order valence-electron chi connectivity index (χ1n) is 10.7. The fourth-order valence-corrected chi connectivity index (χ4v) is 6.20. The summed E-state index contributed by atoms with van der Waals surface area (Å²) in [4.78, 5) is 25.1. The van der Waals surface area contributed by atoms with E-state index in [9.17, 15) is 22.4 Å². The highest BCUT2D eigenvalue weighted by Crippen LogP contribution is 2.29. The largest absolute Gasteiger partial charge is 0.465 e. The van der Waals surface area contributed by atoms with Gasteiger partial charge >= 0.3 is 5.97 Å². The summed E-state index contributed by atoms with van der Waals surface area (Å²) in [5.74, 6) is -1.83. The van der Waals surface area contributed by atoms with Gasteiger partial charge in [-0.2, -0.15) is 4.31 Å². The lowest BCUT2D eigenvalue weighted by molar-refractivity contribution is -0.116. The second-order valence-electron chi connectivity index (χ2n) is 7.83. The van der Waals surface area contributed by atoms with Gasteiger partial charge in [0.15, 0.2) is 0 Å². The number of fused-ring (bicyclic) bond motifs is 1. The summed E-state index contributed by atoms with van der Waals surface area (Å²) in [5, 5.41) is 3.72. The molecule has 0 aliphatic heterocycles. The van der Waals surface area contributed by atoms with Gasteiger partial charge in [-0.05, 0) is 66.0 Å². The Morgan fingerprint density at radius 2 is 1.78 bits per heavy atom. The summed E-state index contributed by atoms with van der Waals surface area (Å²) in [5.41, 5.74) is 0.323. The normalized spacial score (nSPS) is 11.6. The fraction of sp³-hybridized carbons (Fsp3) is 0.120. The predicted molar refractivity (Wildman–Crippen MR) is 142 cm³/mol. The Hall–Kier alpha value is -3.02. The summed E-state index contributed by atoms with van der Waals surface area (Å²) in [6.07, 6.45) is 0. The van der Waals surface area contributed by atoms with Gasteiger partial charge in [0.1, 0.15) is 10.7 Å². The van der Waals surface area contributed by atoms with Gasteiger partial charge in [0, 0.05) is 32.5 Å². The molecule has 0 fully saturated rings. The van der Waals surface area contributed by atoms with E-state index in [1.54, 1.807) is 24.3 Å². The van der Waals surface area contributed by atoms with Crippen LogP contribution in [0, 0.1) is 5.82 Å². The third kappa shape index (κ3) is 6.11. The summed E-state index contributed by atoms with van der Waals surface area (Å²) < 4.78 is 47.7. The number of sulfonamides is 1. The molecule has 0 radical (unpaired) electrons. The van der Waals surface area contributed by atoms with Gasteiger partial charge in [-0.3, -0.25) is 4.79 Å². The number of amides is 1. The predicted octanol–water partition coefficient (Wildman–Crippen LogP) is 5.96. The molecule has 0 atom stereocenters. The van der Waals surface area contributed by atoms with Gasteiger partial charge in [0.2, 0.25) is 15.9 Å². The first-order chi connectivity index (χ1) is 17.6. The summed E-state index contributed by atoms with van der Waals surface area (Å²) >= 11 is 13.3. The Balaban J connectivity index is 1.61. The number of rotatable bonds is 8. The monoisotopic (exact) mass is 580 g/mol. The fourth-order valence-electron chi connectivity index (χ4n) is 3.52. The molecule has 37 heavy (non-hydrogen) atoms. The average molecular weight is 581 g/mol. The minimum atomic E-state index is -4.24. The molecule has 4 aromatic rings. The van der Waals surface area contributed by atoms with Gasteiger partial charge in [0.25, 0.3) is 0 Å². The van der Waals surface area contributed by atoms with Gasteiger partial charge in [0.05, 0.1) is 18.6 Å². The number of hydrogen-bond donors (Lipinski definition) is 1. The lowest BCUT2D eigenvalue weighted by Crippen LogP contribution is -2.37. The van der Waals surface area contributed by atoms with Crippen LogP contribution in [0.25, 0.3) is 10.1 Å². The van der Waals surface area contributed by atoms with Crippen LogP contribution in [-0.4, -0.2) is 38.3 Å². The second kappa shape index (κ2) is 11.2. The molecule has 1 heterocycles. The first kappa shape index (κ1) is 27.0. The number of thiophene rings is 1. The molecule has 0 spiro atoms. The van der Waals surface area contributed by atoms with Crippen molar-refractivity contribution in [2.45, 2.75) is 11.4 Å². The van der Waals surface area contributed by atoms with Crippen LogP contribution < -0.4 is 5.32 Å². The van der Waals surface area contributed by atoms with Crippen molar-refractivity contribution in [3.63, 3.8) is 0 Å². The van der Waals surface area contributed by atoms with E-state index >= 15 is 0 Å². The molecule has 1 amide bonds. The SMILES string of the molecule is COC(=O)c1cc2cc(NC(=O)CN(Cc3c(F)cccc3Cl)S(=O)(=O)c3ccc(Cl)cc3)ccc2s1. The lowest BCUT2D eigenvalue weighted by Gasteiger charge is -2.23. The molecule has 12 heteroatoms. The number of esters is 1. The highest BCUT2D eigenvalue weighted by atomic mass is 35.5. The van der Waals surface area contributed by atoms with Crippen molar-refractivity contribution in [1.82, 2.24) is 4.31 Å². The van der Waals surface area contributed by atoms with Gasteiger partial charge in [-0.25, -0.2) is 17.6 Å². The Bertz CT molecular complexity index is 1570. The van der Waals surface area contributed by atoms with Crippen molar-refractivity contribution in [2.75, 3.05) is 19.0 Å². The van der Waals surface area contributed by atoms with Crippen LogP contribution in [0.1, 0.15) is 15.2 Å². The van der Waals surface area contributed by atoms with Crippen LogP contribution in [0.2, 0.25) is 10.0 Å². The van der Waals surface area contributed by atoms with Gasteiger partial charge < -0.3 is 10.1 Å². The van der Waals surface area contributed by atoms with Crippen molar-refractivity contribution in [3.8, 4) is 0 Å². The van der Waals surface area contributed by atoms with E-state index in [1.165, 1.54) is 54.8 Å². The Labute approximate surface area is 226 Å². The summed E-state index contributed by atoms with van der Waals surface area (Å²) in [6.45, 7) is -1.10. The van der Waals surface area contributed by atoms with Gasteiger partial charge in [-0.1, -0.05) is 29.3 Å². The lowest BCUT2D eigenvalue weighted by atomic mass is 10.2. The van der Waals surface area contributed by atoms with Crippen LogP contribution in [0.15, 0.2) is 71.6 Å². The minimum Gasteiger partial charge on any atom is -0.465 e. The number of carbonyl (C=O) groups is 2. The number of nitrogens with zero attached hydrogens (tertiary/aromatic N) is 1. The quantitative estimate of drug-likeness (QED) is 0.259. The number of halogens is 3. The summed E-state index contributed by atoms with van der Waals surface area (Å²) in [7, 11) is -2.95. The maximum Gasteiger partial charge on any atom is 0.348 e. The van der Waals surface area contributed by atoms with Crippen molar-refractivity contribution in [2.24, 2.45) is 0 Å². The van der Waals surface area contributed by atoms with Crippen LogP contribution in [-0.2, 0) is 26.1 Å². The zero-order valence-electron chi connectivity index (χ0n) is 19.2. The third-order valence-electron chi connectivity index (χ3n) is 5.35. The smallest absolute Gasteiger partial charge is 0.348 e. The Kier molecular flexibility index (Phi) is 8.15. The highest BCUT2D eigenvalue weighted by molar-refractivity contribution is 7.89. The zero-order chi connectivity index (χ0) is 26.7. The third-order valence-corrected chi connectivity index (χ3v) is 8.86. The van der Waals surface area contributed by atoms with E-state index in [1.807, 2.05) is 0 Å². The van der Waals surface area contributed by atoms with E-state index in [-0.39, 0.29) is 15.5 Å². The average Bonchev–Trinajstić information content (AvgIpc) is 3.29. The molecular formula is C25H19Cl2FN2O5S2. The topological polar surface area (TPSA) is 92.8 Å². The van der Waals surface area contributed by atoms with Crippen molar-refractivity contribution >= 4 is 72.2 Å². The first-order valence-corrected chi connectivity index (χ1v) is 13.7. The van der Waals surface area contributed by atoms with Crippen molar-refractivity contribution in [1.29, 1.82) is 0 Å². The Morgan fingerprint density at radius 3 is 2.46 bits per heavy atom. The molecular weight excluding hydrogens is 562 g/mol. The molecule has 0 aliphatic carbocycles. The number of ether oxygens (including phenoxy) is 1. The number of benzene rings is 3. The molecule has 0 bridgehead atoms. The highest BCUT2D eigenvalue weighted by Gasteiger charge is 2.29. The van der Waals surface area contributed by atoms with Crippen LogP contribution in [0.4, 0.5) is 10.1 Å². The van der Waals surface area contributed by atoms with E-state index in [0.717, 1.165) is 15.1 Å². The Morgan fingerprint density at radius 1 is 1.05 bits per heavy atom. The number of anilines is 1. The maximum atomic E-state index is 14.5. The number of carbonyl (C=O) groups excluding carboxylic acids is 2. The summed E-state index contributed by atoms with van der Waals surface area (Å²) in [6, 6.07) is 16.1. The van der Waals surface area contributed by atoms with Crippen molar-refractivity contribution in [3.05, 3.63) is 93.0 Å². The molecule has 0 saturated carbocycles. The number of nitrogens with one attached hydrogen (secondary N) is 1. The molecule has 0 aliphatic rings. The zero-order valence-corrected chi connectivity index (χ0v) is 22.3. The van der Waals surface area contributed by atoms with Crippen LogP contribution in [0.3, 0.4) is 0 Å².